The summed E-state index contributed by atoms with van der Waals surface area (Å²) in [5.41, 5.74) is 1.26. The number of likely N-dealkylation sites (tertiary alicyclic amines) is 1. The van der Waals surface area contributed by atoms with Crippen LogP contribution >= 0.6 is 23.7 Å². The fraction of sp³-hybridized carbons (Fsp3) is 0.304. The second kappa shape index (κ2) is 9.85. The summed E-state index contributed by atoms with van der Waals surface area (Å²) in [5, 5.41) is 17.2. The highest BCUT2D eigenvalue weighted by Gasteiger charge is 2.18. The van der Waals surface area contributed by atoms with Crippen molar-refractivity contribution in [2.45, 2.75) is 19.0 Å². The minimum Gasteiger partial charge on any atom is -0.492 e. The topological polar surface area (TPSA) is 71.1 Å². The molecular weight excluding hydrogens is 453 g/mol. The molecule has 1 fully saturated rings. The van der Waals surface area contributed by atoms with E-state index in [2.05, 4.69) is 15.0 Å². The SMILES string of the molecule is Cl.O/N=c1/cc(-c2cc3sccc3cn2)oc2ccc(OCCN3CCC(F)CC3)cc12. The van der Waals surface area contributed by atoms with Gasteiger partial charge in [-0.1, -0.05) is 5.16 Å². The van der Waals surface area contributed by atoms with Crippen LogP contribution in [0.2, 0.25) is 0 Å². The molecule has 6 nitrogen and oxygen atoms in total. The van der Waals surface area contributed by atoms with Gasteiger partial charge in [0.1, 0.15) is 35.2 Å². The maximum Gasteiger partial charge on any atom is 0.155 e. The van der Waals surface area contributed by atoms with Crippen molar-refractivity contribution in [1.29, 1.82) is 0 Å². The number of nitrogens with zero attached hydrogens (tertiary/aromatic N) is 3. The maximum atomic E-state index is 13.3. The van der Waals surface area contributed by atoms with Crippen molar-refractivity contribution in [2.75, 3.05) is 26.2 Å². The third-order valence-electron chi connectivity index (χ3n) is 5.61. The number of thiophene rings is 1. The van der Waals surface area contributed by atoms with Crippen LogP contribution in [-0.4, -0.2) is 47.5 Å². The Morgan fingerprint density at radius 3 is 2.88 bits per heavy atom. The standard InChI is InChI=1S/C23H22FN3O3S.ClH/c24-16-3-6-27(7-4-16)8-9-29-17-1-2-21-18(11-17)19(26-28)12-22(30-21)20-13-23-15(14-25-20)5-10-31-23;/h1-2,5,10-14,16,28H,3-4,6-9H2;1H/b26-19-;. The smallest absolute Gasteiger partial charge is 0.155 e. The molecule has 0 atom stereocenters. The van der Waals surface area contributed by atoms with Crippen molar-refractivity contribution >= 4 is 44.8 Å². The molecule has 3 aromatic heterocycles. The van der Waals surface area contributed by atoms with Gasteiger partial charge in [0.25, 0.3) is 0 Å². The minimum absolute atomic E-state index is 0. The number of aromatic nitrogens is 1. The molecule has 0 bridgehead atoms. The molecule has 0 aliphatic carbocycles. The van der Waals surface area contributed by atoms with Gasteiger partial charge in [-0.05, 0) is 48.6 Å². The Morgan fingerprint density at radius 1 is 1.22 bits per heavy atom. The molecule has 4 aromatic rings. The third-order valence-corrected chi connectivity index (χ3v) is 6.49. The van der Waals surface area contributed by atoms with Crippen LogP contribution in [-0.2, 0) is 0 Å². The molecule has 0 radical (unpaired) electrons. The summed E-state index contributed by atoms with van der Waals surface area (Å²) in [7, 11) is 0. The van der Waals surface area contributed by atoms with Gasteiger partial charge in [0.2, 0.25) is 0 Å². The number of pyridine rings is 1. The van der Waals surface area contributed by atoms with Gasteiger partial charge in [-0.2, -0.15) is 0 Å². The predicted octanol–water partition coefficient (Wildman–Crippen LogP) is 5.23. The van der Waals surface area contributed by atoms with Crippen LogP contribution < -0.4 is 10.1 Å². The first-order valence-corrected chi connectivity index (χ1v) is 11.2. The van der Waals surface area contributed by atoms with E-state index in [1.54, 1.807) is 29.5 Å². The van der Waals surface area contributed by atoms with Gasteiger partial charge >= 0.3 is 0 Å². The van der Waals surface area contributed by atoms with E-state index in [0.717, 1.165) is 29.7 Å². The van der Waals surface area contributed by atoms with E-state index >= 15 is 0 Å². The van der Waals surface area contributed by atoms with E-state index in [4.69, 9.17) is 9.15 Å². The first-order chi connectivity index (χ1) is 15.2. The number of rotatable bonds is 5. The van der Waals surface area contributed by atoms with Crippen LogP contribution in [0.25, 0.3) is 32.5 Å². The Balaban J connectivity index is 0.00000245. The Morgan fingerprint density at radius 2 is 2.06 bits per heavy atom. The summed E-state index contributed by atoms with van der Waals surface area (Å²) in [6, 6.07) is 11.1. The molecule has 4 heterocycles. The molecule has 0 unspecified atom stereocenters. The number of hydrogen-bond acceptors (Lipinski definition) is 7. The van der Waals surface area contributed by atoms with Crippen LogP contribution in [0, 0.1) is 0 Å². The molecule has 1 aliphatic heterocycles. The molecule has 32 heavy (non-hydrogen) atoms. The zero-order chi connectivity index (χ0) is 21.2. The summed E-state index contributed by atoms with van der Waals surface area (Å²) in [6.45, 7) is 2.79. The number of piperidine rings is 1. The molecule has 1 aliphatic rings. The summed E-state index contributed by atoms with van der Waals surface area (Å²) in [5.74, 6) is 1.19. The molecule has 0 spiro atoms. The van der Waals surface area contributed by atoms with Gasteiger partial charge in [-0.25, -0.2) is 4.39 Å². The first-order valence-electron chi connectivity index (χ1n) is 10.3. The van der Waals surface area contributed by atoms with E-state index in [0.29, 0.717) is 53.0 Å². The molecule has 0 saturated carbocycles. The van der Waals surface area contributed by atoms with E-state index in [9.17, 15) is 9.60 Å². The van der Waals surface area contributed by atoms with Gasteiger partial charge in [-0.15, -0.1) is 23.7 Å². The summed E-state index contributed by atoms with van der Waals surface area (Å²) >= 11 is 1.64. The van der Waals surface area contributed by atoms with Crippen LogP contribution in [0.5, 0.6) is 5.75 Å². The average molecular weight is 476 g/mol. The molecule has 9 heteroatoms. The summed E-state index contributed by atoms with van der Waals surface area (Å²) in [4.78, 5) is 6.69. The monoisotopic (exact) mass is 475 g/mol. The third kappa shape index (κ3) is 4.72. The van der Waals surface area contributed by atoms with Gasteiger partial charge in [0.15, 0.2) is 5.76 Å². The highest BCUT2D eigenvalue weighted by atomic mass is 35.5. The molecular formula is C23H23ClFN3O3S. The fourth-order valence-corrected chi connectivity index (χ4v) is 4.65. The number of benzene rings is 1. The summed E-state index contributed by atoms with van der Waals surface area (Å²) < 4.78 is 26.3. The van der Waals surface area contributed by atoms with Crippen LogP contribution in [0.3, 0.4) is 0 Å². The average Bonchev–Trinajstić information content (AvgIpc) is 3.27. The number of fused-ring (bicyclic) bond motifs is 2. The van der Waals surface area contributed by atoms with E-state index < -0.39 is 6.17 Å². The Hall–Kier alpha value is -2.68. The quantitative estimate of drug-likeness (QED) is 0.316. The molecule has 0 amide bonds. The van der Waals surface area contributed by atoms with E-state index in [-0.39, 0.29) is 12.4 Å². The predicted molar refractivity (Wildman–Crippen MR) is 125 cm³/mol. The largest absolute Gasteiger partial charge is 0.492 e. The van der Waals surface area contributed by atoms with E-state index in [1.807, 2.05) is 29.8 Å². The molecule has 168 valence electrons. The number of ether oxygens (including phenoxy) is 1. The van der Waals surface area contributed by atoms with Crippen molar-refractivity contribution in [1.82, 2.24) is 9.88 Å². The molecule has 1 saturated heterocycles. The first kappa shape index (κ1) is 22.5. The normalized spacial score (nSPS) is 15.8. The number of halogens is 2. The van der Waals surface area contributed by atoms with Crippen LogP contribution in [0.15, 0.2) is 57.5 Å². The number of alkyl halides is 1. The lowest BCUT2D eigenvalue weighted by Crippen LogP contribution is -2.37. The Bertz CT molecular complexity index is 1280. The fourth-order valence-electron chi connectivity index (χ4n) is 3.85. The lowest BCUT2D eigenvalue weighted by atomic mass is 10.1. The molecule has 1 N–H and O–H groups in total. The highest BCUT2D eigenvalue weighted by Crippen LogP contribution is 2.28. The maximum absolute atomic E-state index is 13.3. The molecule has 1 aromatic carbocycles. The van der Waals surface area contributed by atoms with E-state index in [1.165, 1.54) is 0 Å². The van der Waals surface area contributed by atoms with Crippen molar-refractivity contribution in [3.8, 4) is 17.2 Å². The Kier molecular flexibility index (Phi) is 6.93. The zero-order valence-electron chi connectivity index (χ0n) is 17.2. The van der Waals surface area contributed by atoms with Crippen molar-refractivity contribution in [3.05, 3.63) is 53.3 Å². The van der Waals surface area contributed by atoms with Gasteiger partial charge < -0.3 is 14.4 Å². The highest BCUT2D eigenvalue weighted by molar-refractivity contribution is 7.17. The number of hydrogen-bond donors (Lipinski definition) is 1. The Labute approximate surface area is 194 Å². The van der Waals surface area contributed by atoms with Crippen LogP contribution in [0.1, 0.15) is 12.8 Å². The zero-order valence-corrected chi connectivity index (χ0v) is 18.9. The second-order valence-corrected chi connectivity index (χ2v) is 8.59. The van der Waals surface area contributed by atoms with Crippen molar-refractivity contribution in [2.24, 2.45) is 5.16 Å². The minimum atomic E-state index is -0.672. The van der Waals surface area contributed by atoms with Crippen LogP contribution in [0.4, 0.5) is 4.39 Å². The second-order valence-electron chi connectivity index (χ2n) is 7.65. The molecule has 5 rings (SSSR count). The lowest BCUT2D eigenvalue weighted by molar-refractivity contribution is 0.132. The van der Waals surface area contributed by atoms with Gasteiger partial charge in [-0.3, -0.25) is 9.88 Å². The summed E-state index contributed by atoms with van der Waals surface area (Å²) in [6.07, 6.45) is 2.32. The van der Waals surface area contributed by atoms with Gasteiger partial charge in [0, 0.05) is 42.0 Å². The van der Waals surface area contributed by atoms with Crippen molar-refractivity contribution < 1.29 is 18.8 Å². The van der Waals surface area contributed by atoms with Crippen molar-refractivity contribution in [3.63, 3.8) is 0 Å². The lowest BCUT2D eigenvalue weighted by Gasteiger charge is -2.28. The van der Waals surface area contributed by atoms with Gasteiger partial charge in [0.05, 0.1) is 5.39 Å².